The molecule has 0 saturated carbocycles. The average Bonchev–Trinajstić information content (AvgIpc) is 2.67. The van der Waals surface area contributed by atoms with E-state index in [1.165, 1.54) is 0 Å². The van der Waals surface area contributed by atoms with Gasteiger partial charge in [0.25, 0.3) is 5.91 Å². The van der Waals surface area contributed by atoms with E-state index < -0.39 is 0 Å². The highest BCUT2D eigenvalue weighted by molar-refractivity contribution is 5.96. The molecule has 26 heavy (non-hydrogen) atoms. The predicted octanol–water partition coefficient (Wildman–Crippen LogP) is 3.92. The fourth-order valence-electron chi connectivity index (χ4n) is 3.26. The molecule has 1 N–H and O–H groups in total. The van der Waals surface area contributed by atoms with Gasteiger partial charge in [-0.3, -0.25) is 14.6 Å². The van der Waals surface area contributed by atoms with Crippen LogP contribution in [-0.2, 0) is 9.53 Å². The third-order valence-electron chi connectivity index (χ3n) is 4.99. The maximum Gasteiger partial charge on any atom is 0.258 e. The summed E-state index contributed by atoms with van der Waals surface area (Å²) in [5, 5.41) is 11.0. The number of rotatable bonds is 6. The standard InChI is InChI=1S/C21H32N2O3/c1-5-8-17(7-3)21(25)23-10-9-18(15-22-11-13-26-14-12-22)20(24)19(23)16(4)6-2/h7,9-10,24H,5-6,8,11-15H2,1-4H3/b17-7-,19-16-. The normalized spacial score (nSPS) is 21.4. The quantitative estimate of drug-likeness (QED) is 0.730. The van der Waals surface area contributed by atoms with Gasteiger partial charge in [0.15, 0.2) is 0 Å². The molecule has 2 heterocycles. The van der Waals surface area contributed by atoms with Crippen molar-refractivity contribution in [2.75, 3.05) is 32.8 Å². The minimum absolute atomic E-state index is 0.0506. The molecule has 2 aliphatic rings. The molecule has 1 fully saturated rings. The fourth-order valence-corrected chi connectivity index (χ4v) is 3.26. The molecule has 2 aliphatic heterocycles. The number of ether oxygens (including phenoxy) is 1. The Balaban J connectivity index is 2.31. The van der Waals surface area contributed by atoms with E-state index in [4.69, 9.17) is 4.74 Å². The van der Waals surface area contributed by atoms with E-state index in [0.717, 1.165) is 62.3 Å². The summed E-state index contributed by atoms with van der Waals surface area (Å²) in [5.41, 5.74) is 3.28. The number of carbonyl (C=O) groups is 1. The predicted molar refractivity (Wildman–Crippen MR) is 105 cm³/mol. The SMILES string of the molecule is C/C=C(/CCC)C(=O)N1C=CC(CN2CCOCC2)=C(O)/C1=C(\C)CC. The minimum atomic E-state index is -0.0506. The van der Waals surface area contributed by atoms with Crippen LogP contribution in [0, 0.1) is 0 Å². The van der Waals surface area contributed by atoms with Gasteiger partial charge in [0.2, 0.25) is 0 Å². The number of amides is 1. The molecule has 1 saturated heterocycles. The summed E-state index contributed by atoms with van der Waals surface area (Å²) in [7, 11) is 0. The van der Waals surface area contributed by atoms with Crippen LogP contribution in [-0.4, -0.2) is 53.7 Å². The first-order valence-electron chi connectivity index (χ1n) is 9.62. The number of morpholine rings is 1. The van der Waals surface area contributed by atoms with Gasteiger partial charge in [-0.05, 0) is 38.3 Å². The van der Waals surface area contributed by atoms with Crippen molar-refractivity contribution in [1.82, 2.24) is 9.80 Å². The van der Waals surface area contributed by atoms with Crippen LogP contribution < -0.4 is 0 Å². The Labute approximate surface area is 157 Å². The molecule has 0 spiro atoms. The monoisotopic (exact) mass is 360 g/mol. The second kappa shape index (κ2) is 9.74. The molecule has 0 aromatic rings. The maximum atomic E-state index is 13.0. The van der Waals surface area contributed by atoms with E-state index in [-0.39, 0.29) is 11.7 Å². The molecule has 1 amide bonds. The Bertz CT molecular complexity index is 638. The van der Waals surface area contributed by atoms with Crippen molar-refractivity contribution in [3.8, 4) is 0 Å². The summed E-state index contributed by atoms with van der Waals surface area (Å²) < 4.78 is 5.40. The molecule has 144 valence electrons. The molecule has 5 heteroatoms. The molecule has 2 rings (SSSR count). The molecule has 0 bridgehead atoms. The third kappa shape index (κ3) is 4.65. The molecule has 0 aromatic carbocycles. The van der Waals surface area contributed by atoms with E-state index in [1.807, 2.05) is 39.1 Å². The zero-order chi connectivity index (χ0) is 19.1. The van der Waals surface area contributed by atoms with Crippen LogP contribution in [0.3, 0.4) is 0 Å². The summed E-state index contributed by atoms with van der Waals surface area (Å²) in [6.07, 6.45) is 7.99. The Morgan fingerprint density at radius 1 is 1.31 bits per heavy atom. The molecule has 0 aliphatic carbocycles. The number of aliphatic hydroxyl groups excluding tert-OH is 1. The van der Waals surface area contributed by atoms with Crippen LogP contribution in [0.1, 0.15) is 47.0 Å². The van der Waals surface area contributed by atoms with Crippen molar-refractivity contribution in [1.29, 1.82) is 0 Å². The van der Waals surface area contributed by atoms with Gasteiger partial charge in [-0.15, -0.1) is 0 Å². The fraction of sp³-hybridized carbons (Fsp3) is 0.571. The zero-order valence-corrected chi connectivity index (χ0v) is 16.5. The molecular weight excluding hydrogens is 328 g/mol. The first-order valence-corrected chi connectivity index (χ1v) is 9.62. The number of carbonyl (C=O) groups excluding carboxylic acids is 1. The van der Waals surface area contributed by atoms with Gasteiger partial charge in [0, 0.05) is 37.0 Å². The van der Waals surface area contributed by atoms with Crippen molar-refractivity contribution in [3.05, 3.63) is 46.5 Å². The maximum absolute atomic E-state index is 13.0. The second-order valence-electron chi connectivity index (χ2n) is 6.80. The molecule has 0 aromatic heterocycles. The highest BCUT2D eigenvalue weighted by Crippen LogP contribution is 2.30. The van der Waals surface area contributed by atoms with Crippen LogP contribution in [0.15, 0.2) is 46.5 Å². The third-order valence-corrected chi connectivity index (χ3v) is 4.99. The molecule has 0 radical (unpaired) electrons. The Morgan fingerprint density at radius 3 is 2.58 bits per heavy atom. The lowest BCUT2D eigenvalue weighted by Crippen LogP contribution is -2.38. The van der Waals surface area contributed by atoms with Gasteiger partial charge >= 0.3 is 0 Å². The first-order chi connectivity index (χ1) is 12.5. The molecule has 5 nitrogen and oxygen atoms in total. The van der Waals surface area contributed by atoms with Crippen LogP contribution in [0.5, 0.6) is 0 Å². The Kier molecular flexibility index (Phi) is 7.66. The summed E-state index contributed by atoms with van der Waals surface area (Å²) in [4.78, 5) is 16.9. The van der Waals surface area contributed by atoms with Crippen LogP contribution in [0.25, 0.3) is 0 Å². The number of nitrogens with zero attached hydrogens (tertiary/aromatic N) is 2. The van der Waals surface area contributed by atoms with Gasteiger partial charge < -0.3 is 9.84 Å². The Hall–Kier alpha value is -1.85. The van der Waals surface area contributed by atoms with E-state index in [1.54, 1.807) is 4.90 Å². The summed E-state index contributed by atoms with van der Waals surface area (Å²) in [6, 6.07) is 0. The molecule has 0 unspecified atom stereocenters. The summed E-state index contributed by atoms with van der Waals surface area (Å²) in [6.45, 7) is 11.8. The van der Waals surface area contributed by atoms with Gasteiger partial charge in [-0.1, -0.05) is 26.3 Å². The zero-order valence-electron chi connectivity index (χ0n) is 16.5. The highest BCUT2D eigenvalue weighted by atomic mass is 16.5. The van der Waals surface area contributed by atoms with Gasteiger partial charge in [0.1, 0.15) is 5.76 Å². The van der Waals surface area contributed by atoms with Crippen LogP contribution >= 0.6 is 0 Å². The number of hydrogen-bond donors (Lipinski definition) is 1. The van der Waals surface area contributed by atoms with Crippen molar-refractivity contribution in [3.63, 3.8) is 0 Å². The highest BCUT2D eigenvalue weighted by Gasteiger charge is 2.28. The number of hydrogen-bond acceptors (Lipinski definition) is 4. The van der Waals surface area contributed by atoms with Crippen LogP contribution in [0.2, 0.25) is 0 Å². The lowest BCUT2D eigenvalue weighted by Gasteiger charge is -2.32. The van der Waals surface area contributed by atoms with Crippen molar-refractivity contribution >= 4 is 5.91 Å². The van der Waals surface area contributed by atoms with Crippen molar-refractivity contribution in [2.24, 2.45) is 0 Å². The topological polar surface area (TPSA) is 53.0 Å². The summed E-state index contributed by atoms with van der Waals surface area (Å²) >= 11 is 0. The number of aliphatic hydroxyl groups is 1. The smallest absolute Gasteiger partial charge is 0.258 e. The van der Waals surface area contributed by atoms with E-state index >= 15 is 0 Å². The summed E-state index contributed by atoms with van der Waals surface area (Å²) in [5.74, 6) is 0.170. The van der Waals surface area contributed by atoms with E-state index in [9.17, 15) is 9.90 Å². The van der Waals surface area contributed by atoms with Gasteiger partial charge in [0.05, 0.1) is 18.9 Å². The van der Waals surface area contributed by atoms with Gasteiger partial charge in [-0.25, -0.2) is 0 Å². The van der Waals surface area contributed by atoms with E-state index in [0.29, 0.717) is 12.2 Å². The molecular formula is C21H32N2O3. The minimum Gasteiger partial charge on any atom is -0.505 e. The first kappa shape index (κ1) is 20.5. The lowest BCUT2D eigenvalue weighted by atomic mass is 10.0. The average molecular weight is 360 g/mol. The largest absolute Gasteiger partial charge is 0.505 e. The Morgan fingerprint density at radius 2 is 2.00 bits per heavy atom. The van der Waals surface area contributed by atoms with Crippen LogP contribution in [0.4, 0.5) is 0 Å². The van der Waals surface area contributed by atoms with Gasteiger partial charge in [-0.2, -0.15) is 0 Å². The second-order valence-corrected chi connectivity index (χ2v) is 6.80. The van der Waals surface area contributed by atoms with E-state index in [2.05, 4.69) is 11.8 Å². The lowest BCUT2D eigenvalue weighted by molar-refractivity contribution is -0.123. The number of allylic oxidation sites excluding steroid dienone is 2. The molecule has 0 atom stereocenters. The van der Waals surface area contributed by atoms with Crippen molar-refractivity contribution < 1.29 is 14.6 Å². The van der Waals surface area contributed by atoms with Crippen molar-refractivity contribution in [2.45, 2.75) is 47.0 Å².